The molecule has 1 fully saturated rings. The summed E-state index contributed by atoms with van der Waals surface area (Å²) >= 11 is 0. The zero-order valence-corrected chi connectivity index (χ0v) is 11.0. The summed E-state index contributed by atoms with van der Waals surface area (Å²) < 4.78 is 0. The summed E-state index contributed by atoms with van der Waals surface area (Å²) in [6, 6.07) is 7.23. The molecule has 1 aliphatic heterocycles. The molecule has 0 atom stereocenters. The Bertz CT molecular complexity index is 539. The van der Waals surface area contributed by atoms with Crippen LogP contribution in [0.2, 0.25) is 0 Å². The lowest BCUT2D eigenvalue weighted by atomic mass is 10.0. The lowest BCUT2D eigenvalue weighted by Crippen LogP contribution is -2.54. The van der Waals surface area contributed by atoms with E-state index in [0.717, 1.165) is 5.56 Å². The third kappa shape index (κ3) is 2.65. The summed E-state index contributed by atoms with van der Waals surface area (Å²) in [6.07, 6.45) is 0. The van der Waals surface area contributed by atoms with Crippen molar-refractivity contribution in [1.29, 1.82) is 0 Å². The molecule has 1 aromatic carbocycles. The van der Waals surface area contributed by atoms with Gasteiger partial charge in [0.1, 0.15) is 0 Å². The molecule has 0 unspecified atom stereocenters. The maximum absolute atomic E-state index is 12.1. The molecular formula is C14H16N2O3. The average molecular weight is 260 g/mol. The SMILES string of the molecule is Cc1ccccc1C(=O)CN1CCN(C)C(=O)C1=O. The van der Waals surface area contributed by atoms with Gasteiger partial charge in [0.15, 0.2) is 5.78 Å². The van der Waals surface area contributed by atoms with Gasteiger partial charge in [-0.3, -0.25) is 14.4 Å². The minimum absolute atomic E-state index is 0.0384. The fourth-order valence-corrected chi connectivity index (χ4v) is 2.07. The van der Waals surface area contributed by atoms with Crippen LogP contribution in [0.4, 0.5) is 0 Å². The third-order valence-corrected chi connectivity index (χ3v) is 3.30. The number of likely N-dealkylation sites (N-methyl/N-ethyl adjacent to an activating group) is 1. The average Bonchev–Trinajstić information content (AvgIpc) is 2.40. The number of hydrogen-bond acceptors (Lipinski definition) is 3. The van der Waals surface area contributed by atoms with E-state index >= 15 is 0 Å². The van der Waals surface area contributed by atoms with Crippen molar-refractivity contribution in [2.24, 2.45) is 0 Å². The molecule has 0 N–H and O–H groups in total. The normalized spacial score (nSPS) is 15.9. The first-order valence-corrected chi connectivity index (χ1v) is 6.14. The molecule has 0 spiro atoms. The van der Waals surface area contributed by atoms with Crippen LogP contribution in [-0.4, -0.2) is 54.1 Å². The first-order valence-electron chi connectivity index (χ1n) is 6.14. The van der Waals surface area contributed by atoms with Crippen molar-refractivity contribution in [2.45, 2.75) is 6.92 Å². The van der Waals surface area contributed by atoms with Crippen LogP contribution in [0.15, 0.2) is 24.3 Å². The zero-order chi connectivity index (χ0) is 14.0. The minimum Gasteiger partial charge on any atom is -0.336 e. The van der Waals surface area contributed by atoms with Gasteiger partial charge in [-0.2, -0.15) is 0 Å². The number of amides is 2. The van der Waals surface area contributed by atoms with E-state index < -0.39 is 11.8 Å². The van der Waals surface area contributed by atoms with E-state index in [2.05, 4.69) is 0 Å². The van der Waals surface area contributed by atoms with Crippen molar-refractivity contribution < 1.29 is 14.4 Å². The van der Waals surface area contributed by atoms with Crippen LogP contribution in [0.5, 0.6) is 0 Å². The second kappa shape index (κ2) is 5.22. The molecule has 0 radical (unpaired) electrons. The summed E-state index contributed by atoms with van der Waals surface area (Å²) in [5.41, 5.74) is 1.47. The number of rotatable bonds is 3. The maximum Gasteiger partial charge on any atom is 0.312 e. The predicted octanol–water partition coefficient (Wildman–Crippen LogP) is 0.478. The van der Waals surface area contributed by atoms with E-state index in [1.807, 2.05) is 19.1 Å². The number of carbonyl (C=O) groups is 3. The van der Waals surface area contributed by atoms with Crippen LogP contribution in [0, 0.1) is 6.92 Å². The number of nitrogens with zero attached hydrogens (tertiary/aromatic N) is 2. The third-order valence-electron chi connectivity index (χ3n) is 3.30. The van der Waals surface area contributed by atoms with Crippen molar-refractivity contribution in [3.8, 4) is 0 Å². The van der Waals surface area contributed by atoms with Gasteiger partial charge in [0.25, 0.3) is 0 Å². The monoisotopic (exact) mass is 260 g/mol. The molecule has 2 rings (SSSR count). The van der Waals surface area contributed by atoms with E-state index in [-0.39, 0.29) is 12.3 Å². The fourth-order valence-electron chi connectivity index (χ4n) is 2.07. The van der Waals surface area contributed by atoms with Gasteiger partial charge in [0.05, 0.1) is 6.54 Å². The highest BCUT2D eigenvalue weighted by molar-refractivity contribution is 6.35. The smallest absolute Gasteiger partial charge is 0.312 e. The summed E-state index contributed by atoms with van der Waals surface area (Å²) in [5, 5.41) is 0. The lowest BCUT2D eigenvalue weighted by Gasteiger charge is -2.31. The predicted molar refractivity (Wildman–Crippen MR) is 69.7 cm³/mol. The molecule has 1 saturated heterocycles. The van der Waals surface area contributed by atoms with Gasteiger partial charge in [-0.1, -0.05) is 24.3 Å². The summed E-state index contributed by atoms with van der Waals surface area (Å²) in [5.74, 6) is -1.29. The van der Waals surface area contributed by atoms with Crippen LogP contribution in [0.3, 0.4) is 0 Å². The topological polar surface area (TPSA) is 57.7 Å². The molecule has 0 aromatic heterocycles. The Balaban J connectivity index is 2.10. The van der Waals surface area contributed by atoms with E-state index in [0.29, 0.717) is 18.7 Å². The van der Waals surface area contributed by atoms with Gasteiger partial charge in [0, 0.05) is 25.7 Å². The Morgan fingerprint density at radius 2 is 1.84 bits per heavy atom. The Hall–Kier alpha value is -2.17. The number of Topliss-reactive ketones (excluding diaryl/α,β-unsaturated/α-hetero) is 1. The first kappa shape index (κ1) is 13.3. The number of ketones is 1. The van der Waals surface area contributed by atoms with Crippen LogP contribution in [-0.2, 0) is 9.59 Å². The summed E-state index contributed by atoms with van der Waals surface area (Å²) in [6.45, 7) is 2.68. The van der Waals surface area contributed by atoms with Crippen molar-refractivity contribution in [3.63, 3.8) is 0 Å². The van der Waals surface area contributed by atoms with Gasteiger partial charge in [-0.15, -0.1) is 0 Å². The number of aryl methyl sites for hydroxylation is 1. The molecule has 2 amide bonds. The molecule has 5 nitrogen and oxygen atoms in total. The van der Waals surface area contributed by atoms with E-state index in [4.69, 9.17) is 0 Å². The number of carbonyl (C=O) groups excluding carboxylic acids is 3. The molecule has 0 aliphatic carbocycles. The summed E-state index contributed by atoms with van der Waals surface area (Å²) in [7, 11) is 1.58. The van der Waals surface area contributed by atoms with Crippen molar-refractivity contribution in [1.82, 2.24) is 9.80 Å². The van der Waals surface area contributed by atoms with E-state index in [1.165, 1.54) is 9.80 Å². The molecule has 0 saturated carbocycles. The van der Waals surface area contributed by atoms with Gasteiger partial charge in [-0.25, -0.2) is 0 Å². The van der Waals surface area contributed by atoms with E-state index in [1.54, 1.807) is 19.2 Å². The minimum atomic E-state index is -0.601. The van der Waals surface area contributed by atoms with Gasteiger partial charge >= 0.3 is 11.8 Å². The Kier molecular flexibility index (Phi) is 3.64. The van der Waals surface area contributed by atoms with Crippen LogP contribution < -0.4 is 0 Å². The molecule has 5 heteroatoms. The second-order valence-electron chi connectivity index (χ2n) is 4.69. The van der Waals surface area contributed by atoms with Crippen LogP contribution >= 0.6 is 0 Å². The lowest BCUT2D eigenvalue weighted by molar-refractivity contribution is -0.154. The summed E-state index contributed by atoms with van der Waals surface area (Å²) in [4.78, 5) is 38.2. The quantitative estimate of drug-likeness (QED) is 0.586. The molecule has 0 bridgehead atoms. The standard InChI is InChI=1S/C14H16N2O3/c1-10-5-3-4-6-11(10)12(17)9-16-8-7-15(2)13(18)14(16)19/h3-6H,7-9H2,1-2H3. The molecule has 1 aromatic rings. The van der Waals surface area contributed by atoms with Crippen molar-refractivity contribution >= 4 is 17.6 Å². The Morgan fingerprint density at radius 1 is 1.16 bits per heavy atom. The molecular weight excluding hydrogens is 244 g/mol. The van der Waals surface area contributed by atoms with Crippen LogP contribution in [0.25, 0.3) is 0 Å². The largest absolute Gasteiger partial charge is 0.336 e. The molecule has 100 valence electrons. The fraction of sp³-hybridized carbons (Fsp3) is 0.357. The molecule has 1 heterocycles. The molecule has 19 heavy (non-hydrogen) atoms. The zero-order valence-electron chi connectivity index (χ0n) is 11.0. The van der Waals surface area contributed by atoms with E-state index in [9.17, 15) is 14.4 Å². The van der Waals surface area contributed by atoms with Crippen molar-refractivity contribution in [3.05, 3.63) is 35.4 Å². The number of piperazine rings is 1. The number of benzene rings is 1. The highest BCUT2D eigenvalue weighted by Gasteiger charge is 2.31. The molecule has 1 aliphatic rings. The Morgan fingerprint density at radius 3 is 2.53 bits per heavy atom. The second-order valence-corrected chi connectivity index (χ2v) is 4.69. The van der Waals surface area contributed by atoms with Crippen molar-refractivity contribution in [2.75, 3.05) is 26.7 Å². The van der Waals surface area contributed by atoms with Gasteiger partial charge in [0.2, 0.25) is 0 Å². The van der Waals surface area contributed by atoms with Gasteiger partial charge in [-0.05, 0) is 12.5 Å². The number of hydrogen-bond donors (Lipinski definition) is 0. The maximum atomic E-state index is 12.1. The highest BCUT2D eigenvalue weighted by Crippen LogP contribution is 2.10. The first-order chi connectivity index (χ1) is 9.00. The van der Waals surface area contributed by atoms with Crippen LogP contribution in [0.1, 0.15) is 15.9 Å². The Labute approximate surface area is 111 Å². The highest BCUT2D eigenvalue weighted by atomic mass is 16.2. The van der Waals surface area contributed by atoms with Gasteiger partial charge < -0.3 is 9.80 Å².